The summed E-state index contributed by atoms with van der Waals surface area (Å²) in [5.74, 6) is 0.283. The van der Waals surface area contributed by atoms with Crippen molar-refractivity contribution in [3.05, 3.63) is 45.2 Å². The van der Waals surface area contributed by atoms with Gasteiger partial charge in [0.05, 0.1) is 6.04 Å². The fourth-order valence-electron chi connectivity index (χ4n) is 3.19. The maximum absolute atomic E-state index is 13.0. The molecule has 0 spiro atoms. The Morgan fingerprint density at radius 1 is 1.30 bits per heavy atom. The number of nitrogens with zero attached hydrogens (tertiary/aromatic N) is 2. The second-order valence-electron chi connectivity index (χ2n) is 5.88. The zero-order valence-corrected chi connectivity index (χ0v) is 14.1. The Balaban J connectivity index is 2.07. The molecule has 0 saturated carbocycles. The van der Waals surface area contributed by atoms with Crippen LogP contribution in [0, 0.1) is 20.8 Å². The first-order valence-electron chi connectivity index (χ1n) is 7.46. The van der Waals surface area contributed by atoms with Gasteiger partial charge in [0.2, 0.25) is 10.0 Å². The minimum absolute atomic E-state index is 0.124. The molecule has 2 aromatic heterocycles. The molecule has 1 fully saturated rings. The average molecular weight is 337 g/mol. The Labute approximate surface area is 134 Å². The first-order valence-corrected chi connectivity index (χ1v) is 8.90. The molecule has 0 aliphatic carbocycles. The average Bonchev–Trinajstić information content (AvgIpc) is 3.05. The van der Waals surface area contributed by atoms with Gasteiger partial charge in [-0.1, -0.05) is 5.16 Å². The maximum atomic E-state index is 13.0. The summed E-state index contributed by atoms with van der Waals surface area (Å²) in [6.45, 7) is 5.40. The highest BCUT2D eigenvalue weighted by Crippen LogP contribution is 2.37. The smallest absolute Gasteiger partial charge is 0.249 e. The highest BCUT2D eigenvalue weighted by atomic mass is 32.2. The summed E-state index contributed by atoms with van der Waals surface area (Å²) in [6, 6.07) is 2.59. The van der Waals surface area contributed by atoms with Crippen LogP contribution in [-0.2, 0) is 10.0 Å². The molecule has 0 radical (unpaired) electrons. The van der Waals surface area contributed by atoms with E-state index in [1.165, 1.54) is 16.4 Å². The zero-order valence-electron chi connectivity index (χ0n) is 13.3. The minimum Gasteiger partial charge on any atom is -0.361 e. The van der Waals surface area contributed by atoms with Crippen LogP contribution in [0.3, 0.4) is 0 Å². The van der Waals surface area contributed by atoms with Crippen LogP contribution in [0.2, 0.25) is 0 Å². The van der Waals surface area contributed by atoms with E-state index in [2.05, 4.69) is 10.1 Å². The van der Waals surface area contributed by atoms with Crippen LogP contribution in [0.5, 0.6) is 0 Å². The topological polar surface area (TPSA) is 96.3 Å². The van der Waals surface area contributed by atoms with E-state index in [0.717, 1.165) is 6.42 Å². The van der Waals surface area contributed by atoms with Crippen molar-refractivity contribution in [3.63, 3.8) is 0 Å². The van der Waals surface area contributed by atoms with E-state index in [9.17, 15) is 13.2 Å². The van der Waals surface area contributed by atoms with Crippen molar-refractivity contribution in [2.45, 2.75) is 44.6 Å². The number of aryl methyl sites for hydroxylation is 3. The molecular formula is C15H19N3O4S. The van der Waals surface area contributed by atoms with Gasteiger partial charge in [-0.2, -0.15) is 4.31 Å². The number of hydrogen-bond donors (Lipinski definition) is 1. The summed E-state index contributed by atoms with van der Waals surface area (Å²) in [6.07, 6.45) is 1.41. The van der Waals surface area contributed by atoms with E-state index in [0.29, 0.717) is 30.0 Å². The predicted molar refractivity (Wildman–Crippen MR) is 83.6 cm³/mol. The quantitative estimate of drug-likeness (QED) is 0.921. The molecule has 1 saturated heterocycles. The van der Waals surface area contributed by atoms with Crippen molar-refractivity contribution in [3.8, 4) is 0 Å². The van der Waals surface area contributed by atoms with Gasteiger partial charge < -0.3 is 9.51 Å². The Kier molecular flexibility index (Phi) is 3.89. The zero-order chi connectivity index (χ0) is 16.8. The first-order chi connectivity index (χ1) is 10.8. The molecule has 3 rings (SSSR count). The summed E-state index contributed by atoms with van der Waals surface area (Å²) >= 11 is 0. The van der Waals surface area contributed by atoms with Crippen LogP contribution in [0.25, 0.3) is 0 Å². The minimum atomic E-state index is -3.72. The van der Waals surface area contributed by atoms with Crippen molar-refractivity contribution in [1.29, 1.82) is 0 Å². The Hall–Kier alpha value is -1.93. The summed E-state index contributed by atoms with van der Waals surface area (Å²) in [5.41, 5.74) is 1.57. The third kappa shape index (κ3) is 2.72. The van der Waals surface area contributed by atoms with Crippen molar-refractivity contribution in [2.24, 2.45) is 0 Å². The Morgan fingerprint density at radius 3 is 2.65 bits per heavy atom. The summed E-state index contributed by atoms with van der Waals surface area (Å²) in [4.78, 5) is 15.0. The highest BCUT2D eigenvalue weighted by Gasteiger charge is 2.39. The van der Waals surface area contributed by atoms with E-state index in [-0.39, 0.29) is 22.1 Å². The maximum Gasteiger partial charge on any atom is 0.249 e. The number of hydrogen-bond acceptors (Lipinski definition) is 5. The molecule has 1 atom stereocenters. The van der Waals surface area contributed by atoms with Crippen LogP contribution in [0.1, 0.15) is 41.7 Å². The van der Waals surface area contributed by atoms with Gasteiger partial charge >= 0.3 is 0 Å². The molecule has 3 heterocycles. The van der Waals surface area contributed by atoms with Crippen LogP contribution in [-0.4, -0.2) is 29.4 Å². The van der Waals surface area contributed by atoms with Crippen LogP contribution in [0.4, 0.5) is 0 Å². The predicted octanol–water partition coefficient (Wildman–Crippen LogP) is 1.81. The monoisotopic (exact) mass is 337 g/mol. The molecule has 0 amide bonds. The summed E-state index contributed by atoms with van der Waals surface area (Å²) < 4.78 is 32.5. The van der Waals surface area contributed by atoms with E-state index in [4.69, 9.17) is 4.52 Å². The number of sulfonamides is 1. The third-order valence-electron chi connectivity index (χ3n) is 4.10. The molecule has 1 N–H and O–H groups in total. The van der Waals surface area contributed by atoms with Crippen molar-refractivity contribution in [2.75, 3.05) is 6.54 Å². The van der Waals surface area contributed by atoms with E-state index in [1.807, 2.05) is 0 Å². The van der Waals surface area contributed by atoms with E-state index in [1.54, 1.807) is 20.8 Å². The SMILES string of the molecule is Cc1cc(=O)cc([C@H]2CCCN2S(=O)(=O)c2c(C)noc2C)[nH]1. The number of H-pyrrole nitrogens is 1. The lowest BCUT2D eigenvalue weighted by atomic mass is 10.1. The van der Waals surface area contributed by atoms with Crippen LogP contribution < -0.4 is 5.43 Å². The Bertz CT molecular complexity index is 878. The lowest BCUT2D eigenvalue weighted by molar-refractivity contribution is 0.381. The van der Waals surface area contributed by atoms with Crippen LogP contribution >= 0.6 is 0 Å². The van der Waals surface area contributed by atoms with Gasteiger partial charge in [0.1, 0.15) is 10.6 Å². The number of rotatable bonds is 3. The van der Waals surface area contributed by atoms with Gasteiger partial charge in [-0.15, -0.1) is 0 Å². The van der Waals surface area contributed by atoms with Gasteiger partial charge in [-0.05, 0) is 33.6 Å². The van der Waals surface area contributed by atoms with Crippen molar-refractivity contribution >= 4 is 10.0 Å². The fourth-order valence-corrected chi connectivity index (χ4v) is 5.16. The molecule has 1 aliphatic heterocycles. The molecule has 0 bridgehead atoms. The van der Waals surface area contributed by atoms with Gasteiger partial charge in [-0.3, -0.25) is 4.79 Å². The molecule has 124 valence electrons. The molecule has 2 aromatic rings. The second-order valence-corrected chi connectivity index (χ2v) is 7.71. The summed E-state index contributed by atoms with van der Waals surface area (Å²) in [7, 11) is -3.72. The highest BCUT2D eigenvalue weighted by molar-refractivity contribution is 7.89. The lowest BCUT2D eigenvalue weighted by Gasteiger charge is -2.24. The normalized spacial score (nSPS) is 19.3. The number of aromatic amines is 1. The van der Waals surface area contributed by atoms with Gasteiger partial charge in [0, 0.05) is 30.1 Å². The Morgan fingerprint density at radius 2 is 2.04 bits per heavy atom. The molecule has 23 heavy (non-hydrogen) atoms. The molecule has 7 nitrogen and oxygen atoms in total. The number of nitrogens with one attached hydrogen (secondary N) is 1. The summed E-state index contributed by atoms with van der Waals surface area (Å²) in [5, 5.41) is 3.74. The fraction of sp³-hybridized carbons (Fsp3) is 0.467. The first kappa shape index (κ1) is 15.9. The molecule has 0 aromatic carbocycles. The van der Waals surface area contributed by atoms with Gasteiger partial charge in [0.15, 0.2) is 11.2 Å². The molecule has 8 heteroatoms. The molecular weight excluding hydrogens is 318 g/mol. The molecule has 1 aliphatic rings. The lowest BCUT2D eigenvalue weighted by Crippen LogP contribution is -2.32. The largest absolute Gasteiger partial charge is 0.361 e. The molecule has 0 unspecified atom stereocenters. The van der Waals surface area contributed by atoms with Crippen molar-refractivity contribution in [1.82, 2.24) is 14.4 Å². The number of pyridine rings is 1. The van der Waals surface area contributed by atoms with Gasteiger partial charge in [0.25, 0.3) is 0 Å². The van der Waals surface area contributed by atoms with Crippen molar-refractivity contribution < 1.29 is 12.9 Å². The van der Waals surface area contributed by atoms with E-state index >= 15 is 0 Å². The standard InChI is InChI=1S/C15H19N3O4S/c1-9-7-12(19)8-13(16-9)14-5-4-6-18(14)23(20,21)15-10(2)17-22-11(15)3/h7-8,14H,4-6H2,1-3H3,(H,16,19)/t14-/m1/s1. The van der Waals surface area contributed by atoms with E-state index < -0.39 is 10.0 Å². The van der Waals surface area contributed by atoms with Gasteiger partial charge in [-0.25, -0.2) is 8.42 Å². The van der Waals surface area contributed by atoms with Crippen LogP contribution in [0.15, 0.2) is 26.3 Å². The second kappa shape index (κ2) is 5.61. The number of aromatic nitrogens is 2. The third-order valence-corrected chi connectivity index (χ3v) is 6.25.